The summed E-state index contributed by atoms with van der Waals surface area (Å²) in [5.74, 6) is -0.0923. The van der Waals surface area contributed by atoms with Gasteiger partial charge < -0.3 is 15.8 Å². The van der Waals surface area contributed by atoms with Crippen LogP contribution in [0.1, 0.15) is 6.92 Å². The van der Waals surface area contributed by atoms with Crippen molar-refractivity contribution in [1.29, 1.82) is 0 Å². The maximum Gasteiger partial charge on any atom is 0.234 e. The maximum absolute atomic E-state index is 11.7. The Hall–Kier alpha value is -1.14. The SMILES string of the molecule is COc1cc(Br)cc(NC(=O)C(C)C(N)=S)c1. The van der Waals surface area contributed by atoms with Crippen molar-refractivity contribution in [1.82, 2.24) is 0 Å². The molecule has 17 heavy (non-hydrogen) atoms. The molecule has 1 amide bonds. The van der Waals surface area contributed by atoms with Gasteiger partial charge in [0.1, 0.15) is 5.75 Å². The van der Waals surface area contributed by atoms with Gasteiger partial charge in [0.15, 0.2) is 0 Å². The molecule has 1 atom stereocenters. The van der Waals surface area contributed by atoms with Crippen molar-refractivity contribution in [2.24, 2.45) is 11.7 Å². The second-order valence-corrected chi connectivity index (χ2v) is 4.88. The molecule has 0 radical (unpaired) electrons. The lowest BCUT2D eigenvalue weighted by Crippen LogP contribution is -2.30. The van der Waals surface area contributed by atoms with E-state index in [0.29, 0.717) is 11.4 Å². The number of rotatable bonds is 4. The molecule has 4 nitrogen and oxygen atoms in total. The minimum Gasteiger partial charge on any atom is -0.497 e. The fraction of sp³-hybridized carbons (Fsp3) is 0.273. The van der Waals surface area contributed by atoms with Gasteiger partial charge in [-0.1, -0.05) is 28.1 Å². The quantitative estimate of drug-likeness (QED) is 0.837. The Bertz CT molecular complexity index is 451. The highest BCUT2D eigenvalue weighted by Crippen LogP contribution is 2.24. The van der Waals surface area contributed by atoms with Crippen molar-refractivity contribution >= 4 is 44.7 Å². The number of methoxy groups -OCH3 is 1. The Balaban J connectivity index is 2.84. The average Bonchev–Trinajstić information content (AvgIpc) is 2.26. The van der Waals surface area contributed by atoms with Gasteiger partial charge >= 0.3 is 0 Å². The number of carbonyl (C=O) groups is 1. The lowest BCUT2D eigenvalue weighted by Gasteiger charge is -2.11. The highest BCUT2D eigenvalue weighted by Gasteiger charge is 2.15. The summed E-state index contributed by atoms with van der Waals surface area (Å²) in [6.07, 6.45) is 0. The molecule has 0 heterocycles. The number of hydrogen-bond acceptors (Lipinski definition) is 3. The molecule has 6 heteroatoms. The molecule has 0 aliphatic carbocycles. The van der Waals surface area contributed by atoms with E-state index in [-0.39, 0.29) is 10.9 Å². The van der Waals surface area contributed by atoms with Gasteiger partial charge in [0.2, 0.25) is 5.91 Å². The van der Waals surface area contributed by atoms with E-state index in [4.69, 9.17) is 22.7 Å². The summed E-state index contributed by atoms with van der Waals surface area (Å²) in [6.45, 7) is 1.66. The molecule has 1 unspecified atom stereocenters. The van der Waals surface area contributed by atoms with Gasteiger partial charge in [0, 0.05) is 16.2 Å². The van der Waals surface area contributed by atoms with Crippen LogP contribution in [0.4, 0.5) is 5.69 Å². The number of amides is 1. The predicted octanol–water partition coefficient (Wildman–Crippen LogP) is 2.32. The zero-order chi connectivity index (χ0) is 13.0. The minimum atomic E-state index is -0.505. The molecule has 92 valence electrons. The van der Waals surface area contributed by atoms with Crippen LogP contribution in [-0.4, -0.2) is 18.0 Å². The number of thiocarbonyl (C=S) groups is 1. The molecule has 1 rings (SSSR count). The lowest BCUT2D eigenvalue weighted by molar-refractivity contribution is -0.117. The molecular weight excluding hydrogens is 304 g/mol. The highest BCUT2D eigenvalue weighted by atomic mass is 79.9. The molecule has 0 spiro atoms. The topological polar surface area (TPSA) is 64.3 Å². The normalized spacial score (nSPS) is 11.7. The Morgan fingerprint density at radius 1 is 1.53 bits per heavy atom. The van der Waals surface area contributed by atoms with Gasteiger partial charge in [0.05, 0.1) is 18.0 Å². The van der Waals surface area contributed by atoms with E-state index in [2.05, 4.69) is 21.2 Å². The van der Waals surface area contributed by atoms with E-state index in [1.807, 2.05) is 0 Å². The first-order valence-electron chi connectivity index (χ1n) is 4.89. The Morgan fingerprint density at radius 3 is 2.71 bits per heavy atom. The van der Waals surface area contributed by atoms with Crippen LogP contribution in [0.2, 0.25) is 0 Å². The van der Waals surface area contributed by atoms with E-state index < -0.39 is 5.92 Å². The van der Waals surface area contributed by atoms with Crippen LogP contribution in [0.5, 0.6) is 5.75 Å². The van der Waals surface area contributed by atoms with Gasteiger partial charge in [-0.3, -0.25) is 4.79 Å². The van der Waals surface area contributed by atoms with Crippen LogP contribution in [0.15, 0.2) is 22.7 Å². The zero-order valence-corrected chi connectivity index (χ0v) is 11.9. The van der Waals surface area contributed by atoms with Crippen molar-refractivity contribution in [2.45, 2.75) is 6.92 Å². The minimum absolute atomic E-state index is 0.171. The number of carbonyl (C=O) groups excluding carboxylic acids is 1. The molecule has 1 aromatic rings. The first-order valence-corrected chi connectivity index (χ1v) is 6.09. The van der Waals surface area contributed by atoms with E-state index in [1.165, 1.54) is 0 Å². The van der Waals surface area contributed by atoms with Crippen LogP contribution in [-0.2, 0) is 4.79 Å². The third-order valence-corrected chi connectivity index (χ3v) is 3.01. The van der Waals surface area contributed by atoms with E-state index in [0.717, 1.165) is 4.47 Å². The summed E-state index contributed by atoms with van der Waals surface area (Å²) in [6, 6.07) is 5.29. The van der Waals surface area contributed by atoms with Crippen molar-refractivity contribution in [2.75, 3.05) is 12.4 Å². The second kappa shape index (κ2) is 5.97. The smallest absolute Gasteiger partial charge is 0.234 e. The van der Waals surface area contributed by atoms with Gasteiger partial charge in [-0.2, -0.15) is 0 Å². The molecule has 0 aromatic heterocycles. The zero-order valence-electron chi connectivity index (χ0n) is 9.49. The molecule has 0 bridgehead atoms. The number of nitrogens with two attached hydrogens (primary N) is 1. The molecule has 1 aromatic carbocycles. The van der Waals surface area contributed by atoms with Crippen LogP contribution in [0.25, 0.3) is 0 Å². The van der Waals surface area contributed by atoms with Gasteiger partial charge in [-0.25, -0.2) is 0 Å². The number of anilines is 1. The highest BCUT2D eigenvalue weighted by molar-refractivity contribution is 9.10. The summed E-state index contributed by atoms with van der Waals surface area (Å²) in [5.41, 5.74) is 6.04. The number of nitrogens with one attached hydrogen (secondary N) is 1. The Labute approximate surface area is 114 Å². The Kier molecular flexibility index (Phi) is 4.89. The average molecular weight is 317 g/mol. The summed E-state index contributed by atoms with van der Waals surface area (Å²) in [5, 5.41) is 2.72. The van der Waals surface area contributed by atoms with Crippen LogP contribution in [0.3, 0.4) is 0 Å². The predicted molar refractivity (Wildman–Crippen MR) is 75.3 cm³/mol. The standard InChI is InChI=1S/C11H13BrN2O2S/c1-6(10(13)17)11(15)14-8-3-7(12)4-9(5-8)16-2/h3-6H,1-2H3,(H2,13,17)(H,14,15). The van der Waals surface area contributed by atoms with Crippen molar-refractivity contribution in [3.63, 3.8) is 0 Å². The lowest BCUT2D eigenvalue weighted by atomic mass is 10.1. The summed E-state index contributed by atoms with van der Waals surface area (Å²) in [7, 11) is 1.56. The molecule has 0 fully saturated rings. The molecule has 0 aliphatic heterocycles. The van der Waals surface area contributed by atoms with Crippen LogP contribution in [0, 0.1) is 5.92 Å². The van der Waals surface area contributed by atoms with Gasteiger partial charge in [-0.05, 0) is 19.1 Å². The van der Waals surface area contributed by atoms with Crippen LogP contribution < -0.4 is 15.8 Å². The fourth-order valence-corrected chi connectivity index (χ4v) is 1.71. The summed E-state index contributed by atoms with van der Waals surface area (Å²) >= 11 is 8.10. The maximum atomic E-state index is 11.7. The largest absolute Gasteiger partial charge is 0.497 e. The van der Waals surface area contributed by atoms with E-state index >= 15 is 0 Å². The first kappa shape index (κ1) is 13.9. The van der Waals surface area contributed by atoms with Gasteiger partial charge in [-0.15, -0.1) is 0 Å². The van der Waals surface area contributed by atoms with Gasteiger partial charge in [0.25, 0.3) is 0 Å². The van der Waals surface area contributed by atoms with Crippen molar-refractivity contribution in [3.8, 4) is 5.75 Å². The fourth-order valence-electron chi connectivity index (χ4n) is 1.13. The second-order valence-electron chi connectivity index (χ2n) is 3.49. The summed E-state index contributed by atoms with van der Waals surface area (Å²) < 4.78 is 5.91. The molecule has 3 N–H and O–H groups in total. The number of ether oxygens (including phenoxy) is 1. The molecule has 0 saturated heterocycles. The monoisotopic (exact) mass is 316 g/mol. The number of hydrogen-bond donors (Lipinski definition) is 2. The Morgan fingerprint density at radius 2 is 2.18 bits per heavy atom. The van der Waals surface area contributed by atoms with E-state index in [9.17, 15) is 4.79 Å². The first-order chi connectivity index (χ1) is 7.93. The third kappa shape index (κ3) is 3.98. The summed E-state index contributed by atoms with van der Waals surface area (Å²) in [4.78, 5) is 11.9. The van der Waals surface area contributed by atoms with Crippen molar-refractivity contribution < 1.29 is 9.53 Å². The molecular formula is C11H13BrN2O2S. The molecule has 0 saturated carbocycles. The van der Waals surface area contributed by atoms with Crippen molar-refractivity contribution in [3.05, 3.63) is 22.7 Å². The molecule has 0 aliphatic rings. The number of benzene rings is 1. The van der Waals surface area contributed by atoms with E-state index in [1.54, 1.807) is 32.2 Å². The third-order valence-electron chi connectivity index (χ3n) is 2.19. The van der Waals surface area contributed by atoms with Crippen LogP contribution >= 0.6 is 28.1 Å². The number of halogens is 1.